The molecule has 1 atom stereocenters. The summed E-state index contributed by atoms with van der Waals surface area (Å²) < 4.78 is 0. The van der Waals surface area contributed by atoms with Crippen molar-refractivity contribution < 1.29 is 9.90 Å². The van der Waals surface area contributed by atoms with Crippen molar-refractivity contribution in [1.82, 2.24) is 0 Å². The first-order valence-corrected chi connectivity index (χ1v) is 6.92. The molecule has 2 rings (SSSR count). The van der Waals surface area contributed by atoms with E-state index in [2.05, 4.69) is 0 Å². The fraction of sp³-hybridized carbons (Fsp3) is 0.267. The molecular formula is C15H16O2S. The average molecular weight is 260 g/mol. The van der Waals surface area contributed by atoms with Gasteiger partial charge in [0.1, 0.15) is 11.5 Å². The van der Waals surface area contributed by atoms with Crippen molar-refractivity contribution >= 4 is 17.1 Å². The predicted octanol–water partition coefficient (Wildman–Crippen LogP) is 3.76. The molecule has 0 aliphatic carbocycles. The highest BCUT2D eigenvalue weighted by molar-refractivity contribution is 7.10. The summed E-state index contributed by atoms with van der Waals surface area (Å²) in [6.45, 7) is 1.90. The van der Waals surface area contributed by atoms with Crippen LogP contribution in [0, 0.1) is 0 Å². The Labute approximate surface area is 111 Å². The van der Waals surface area contributed by atoms with Gasteiger partial charge in [0.05, 0.1) is 5.92 Å². The van der Waals surface area contributed by atoms with Gasteiger partial charge in [0.25, 0.3) is 0 Å². The molecular weight excluding hydrogens is 244 g/mol. The maximum Gasteiger partial charge on any atom is 0.141 e. The third kappa shape index (κ3) is 2.99. The summed E-state index contributed by atoms with van der Waals surface area (Å²) in [6.07, 6.45) is 1.26. The number of hydrogen-bond acceptors (Lipinski definition) is 3. The summed E-state index contributed by atoms with van der Waals surface area (Å²) in [5.74, 6) is 0.471. The van der Waals surface area contributed by atoms with Crippen molar-refractivity contribution in [1.29, 1.82) is 0 Å². The Hall–Kier alpha value is -1.61. The topological polar surface area (TPSA) is 37.3 Å². The van der Waals surface area contributed by atoms with Gasteiger partial charge in [-0.2, -0.15) is 0 Å². The molecule has 94 valence electrons. The zero-order chi connectivity index (χ0) is 13.0. The van der Waals surface area contributed by atoms with Crippen LogP contribution in [0.25, 0.3) is 0 Å². The highest BCUT2D eigenvalue weighted by atomic mass is 32.1. The van der Waals surface area contributed by atoms with Gasteiger partial charge in [0, 0.05) is 11.3 Å². The van der Waals surface area contributed by atoms with Crippen LogP contribution in [0.4, 0.5) is 0 Å². The molecule has 3 heteroatoms. The Morgan fingerprint density at radius 2 is 2.00 bits per heavy atom. The highest BCUT2D eigenvalue weighted by Crippen LogP contribution is 2.27. The lowest BCUT2D eigenvalue weighted by atomic mass is 9.92. The number of hydrogen-bond donors (Lipinski definition) is 1. The highest BCUT2D eigenvalue weighted by Gasteiger charge is 2.20. The van der Waals surface area contributed by atoms with E-state index in [4.69, 9.17) is 0 Å². The van der Waals surface area contributed by atoms with Crippen LogP contribution in [0.1, 0.15) is 29.7 Å². The van der Waals surface area contributed by atoms with Crippen LogP contribution in [-0.2, 0) is 11.2 Å². The largest absolute Gasteiger partial charge is 0.508 e. The van der Waals surface area contributed by atoms with E-state index < -0.39 is 0 Å². The van der Waals surface area contributed by atoms with E-state index in [0.717, 1.165) is 10.4 Å². The minimum atomic E-state index is -0.0560. The Bertz CT molecular complexity index is 500. The lowest BCUT2D eigenvalue weighted by molar-refractivity contribution is -0.120. The number of carbonyl (C=O) groups excluding carboxylic acids is 1. The molecule has 1 aromatic carbocycles. The minimum absolute atomic E-state index is 0.0560. The second kappa shape index (κ2) is 5.83. The van der Waals surface area contributed by atoms with Gasteiger partial charge in [-0.3, -0.25) is 4.79 Å². The summed E-state index contributed by atoms with van der Waals surface area (Å²) in [4.78, 5) is 13.2. The van der Waals surface area contributed by atoms with E-state index in [1.807, 2.05) is 36.6 Å². The van der Waals surface area contributed by atoms with Crippen molar-refractivity contribution in [2.75, 3.05) is 0 Å². The lowest BCUT2D eigenvalue weighted by Crippen LogP contribution is -2.13. The number of rotatable bonds is 5. The molecule has 0 aliphatic heterocycles. The number of Topliss-reactive ketones (excluding diaryl/α,β-unsaturated/α-hetero) is 1. The number of phenols is 1. The molecule has 1 heterocycles. The quantitative estimate of drug-likeness (QED) is 0.888. The van der Waals surface area contributed by atoms with E-state index in [1.54, 1.807) is 23.5 Å². The molecule has 0 saturated heterocycles. The van der Waals surface area contributed by atoms with E-state index in [1.165, 1.54) is 0 Å². The van der Waals surface area contributed by atoms with Crippen LogP contribution in [0.5, 0.6) is 5.75 Å². The van der Waals surface area contributed by atoms with Crippen molar-refractivity contribution in [3.05, 3.63) is 52.2 Å². The number of thiophene rings is 1. The zero-order valence-electron chi connectivity index (χ0n) is 10.3. The summed E-state index contributed by atoms with van der Waals surface area (Å²) >= 11 is 1.63. The van der Waals surface area contributed by atoms with Crippen LogP contribution >= 0.6 is 11.3 Å². The first kappa shape index (κ1) is 12.8. The second-order valence-corrected chi connectivity index (χ2v) is 5.24. The van der Waals surface area contributed by atoms with Gasteiger partial charge in [-0.05, 0) is 35.6 Å². The third-order valence-electron chi connectivity index (χ3n) is 3.00. The fourth-order valence-electron chi connectivity index (χ4n) is 1.98. The molecule has 0 bridgehead atoms. The molecule has 1 unspecified atom stereocenters. The molecule has 0 saturated carbocycles. The first-order chi connectivity index (χ1) is 8.70. The van der Waals surface area contributed by atoms with E-state index in [-0.39, 0.29) is 17.5 Å². The van der Waals surface area contributed by atoms with Gasteiger partial charge in [0.15, 0.2) is 0 Å². The van der Waals surface area contributed by atoms with Crippen LogP contribution in [0.3, 0.4) is 0 Å². The van der Waals surface area contributed by atoms with Gasteiger partial charge >= 0.3 is 0 Å². The lowest BCUT2D eigenvalue weighted by Gasteiger charge is -2.13. The Balaban J connectivity index is 2.20. The smallest absolute Gasteiger partial charge is 0.141 e. The fourth-order valence-corrected chi connectivity index (χ4v) is 2.83. The Kier molecular flexibility index (Phi) is 4.15. The molecule has 18 heavy (non-hydrogen) atoms. The standard InChI is InChI=1S/C15H16O2S/c1-2-14(17)13(15-4-3-9-18-15)10-11-5-7-12(16)8-6-11/h3-9,13,16H,2,10H2,1H3. The maximum absolute atomic E-state index is 12.0. The molecule has 0 spiro atoms. The second-order valence-electron chi connectivity index (χ2n) is 4.26. The zero-order valence-corrected chi connectivity index (χ0v) is 11.1. The van der Waals surface area contributed by atoms with Crippen LogP contribution < -0.4 is 0 Å². The van der Waals surface area contributed by atoms with E-state index >= 15 is 0 Å². The normalized spacial score (nSPS) is 12.3. The SMILES string of the molecule is CCC(=O)C(Cc1ccc(O)cc1)c1cccs1. The molecule has 2 aromatic rings. The summed E-state index contributed by atoms with van der Waals surface area (Å²) in [5.41, 5.74) is 1.08. The first-order valence-electron chi connectivity index (χ1n) is 6.04. The van der Waals surface area contributed by atoms with Gasteiger partial charge in [0.2, 0.25) is 0 Å². The summed E-state index contributed by atoms with van der Waals surface area (Å²) in [7, 11) is 0. The van der Waals surface area contributed by atoms with E-state index in [0.29, 0.717) is 12.8 Å². The van der Waals surface area contributed by atoms with Crippen molar-refractivity contribution in [2.45, 2.75) is 25.7 Å². The van der Waals surface area contributed by atoms with E-state index in [9.17, 15) is 9.90 Å². The number of benzene rings is 1. The molecule has 0 amide bonds. The maximum atomic E-state index is 12.0. The summed E-state index contributed by atoms with van der Waals surface area (Å²) in [6, 6.07) is 11.1. The predicted molar refractivity (Wildman–Crippen MR) is 74.2 cm³/mol. The van der Waals surface area contributed by atoms with Gasteiger partial charge in [-0.1, -0.05) is 25.1 Å². The van der Waals surface area contributed by atoms with Gasteiger partial charge < -0.3 is 5.11 Å². The van der Waals surface area contributed by atoms with Crippen LogP contribution in [-0.4, -0.2) is 10.9 Å². The van der Waals surface area contributed by atoms with Gasteiger partial charge in [-0.15, -0.1) is 11.3 Å². The van der Waals surface area contributed by atoms with Crippen LogP contribution in [0.15, 0.2) is 41.8 Å². The molecule has 2 nitrogen and oxygen atoms in total. The minimum Gasteiger partial charge on any atom is -0.508 e. The van der Waals surface area contributed by atoms with Crippen molar-refractivity contribution in [3.8, 4) is 5.75 Å². The van der Waals surface area contributed by atoms with Crippen LogP contribution in [0.2, 0.25) is 0 Å². The number of phenolic OH excluding ortho intramolecular Hbond substituents is 1. The molecule has 0 fully saturated rings. The third-order valence-corrected chi connectivity index (χ3v) is 3.99. The number of aromatic hydroxyl groups is 1. The summed E-state index contributed by atoms with van der Waals surface area (Å²) in [5, 5.41) is 11.3. The van der Waals surface area contributed by atoms with Gasteiger partial charge in [-0.25, -0.2) is 0 Å². The Morgan fingerprint density at radius 1 is 1.28 bits per heavy atom. The van der Waals surface area contributed by atoms with Crippen molar-refractivity contribution in [3.63, 3.8) is 0 Å². The Morgan fingerprint density at radius 3 is 2.56 bits per heavy atom. The molecule has 0 aliphatic rings. The number of ketones is 1. The number of carbonyl (C=O) groups is 1. The molecule has 1 N–H and O–H groups in total. The van der Waals surface area contributed by atoms with Crippen molar-refractivity contribution in [2.24, 2.45) is 0 Å². The molecule has 1 aromatic heterocycles. The monoisotopic (exact) mass is 260 g/mol. The average Bonchev–Trinajstić information content (AvgIpc) is 2.91. The molecule has 0 radical (unpaired) electrons.